The average molecular weight is 209 g/mol. The first-order chi connectivity index (χ1) is 7.07. The fourth-order valence-electron chi connectivity index (χ4n) is 1.59. The summed E-state index contributed by atoms with van der Waals surface area (Å²) in [6.07, 6.45) is 3.14. The maximum absolute atomic E-state index is 11.1. The molecule has 15 heavy (non-hydrogen) atoms. The number of carbonyl (C=O) groups is 1. The molecule has 1 atom stereocenters. The number of hydrogen-bond acceptors (Lipinski definition) is 3. The highest BCUT2D eigenvalue weighted by Crippen LogP contribution is 2.31. The summed E-state index contributed by atoms with van der Waals surface area (Å²) < 4.78 is 5.12. The van der Waals surface area contributed by atoms with E-state index in [0.717, 1.165) is 0 Å². The first kappa shape index (κ1) is 11.5. The molecule has 1 aromatic rings. The van der Waals surface area contributed by atoms with Gasteiger partial charge in [-0.25, -0.2) is 0 Å². The second-order valence-corrected chi connectivity index (χ2v) is 3.68. The quantitative estimate of drug-likeness (QED) is 0.822. The van der Waals surface area contributed by atoms with Gasteiger partial charge in [0.05, 0.1) is 13.0 Å². The Bertz CT molecular complexity index is 349. The molecule has 0 aliphatic carbocycles. The molecule has 1 rings (SSSR count). The molecule has 82 valence electrons. The van der Waals surface area contributed by atoms with Gasteiger partial charge in [0, 0.05) is 18.0 Å². The molecule has 0 aliphatic heterocycles. The van der Waals surface area contributed by atoms with Gasteiger partial charge in [-0.1, -0.05) is 13.8 Å². The van der Waals surface area contributed by atoms with Crippen LogP contribution in [0, 0.1) is 5.92 Å². The molecule has 0 amide bonds. The first-order valence-corrected chi connectivity index (χ1v) is 4.78. The van der Waals surface area contributed by atoms with Crippen LogP contribution in [0.4, 0.5) is 0 Å². The first-order valence-electron chi connectivity index (χ1n) is 4.78. The summed E-state index contributed by atoms with van der Waals surface area (Å²) in [6, 6.07) is 1.67. The van der Waals surface area contributed by atoms with Crippen LogP contribution >= 0.6 is 0 Å². The Hall–Kier alpha value is -1.58. The Morgan fingerprint density at radius 3 is 2.67 bits per heavy atom. The molecule has 0 saturated heterocycles. The summed E-state index contributed by atoms with van der Waals surface area (Å²) in [5.74, 6) is -0.850. The largest absolute Gasteiger partial charge is 0.496 e. The molecule has 1 heterocycles. The van der Waals surface area contributed by atoms with Gasteiger partial charge in [-0.15, -0.1) is 0 Å². The molecule has 0 fully saturated rings. The summed E-state index contributed by atoms with van der Waals surface area (Å²) in [6.45, 7) is 3.73. The summed E-state index contributed by atoms with van der Waals surface area (Å²) in [5.41, 5.74) is 0.627. The van der Waals surface area contributed by atoms with E-state index >= 15 is 0 Å². The maximum atomic E-state index is 11.1. The second kappa shape index (κ2) is 4.77. The number of carboxylic acid groups (broad SMARTS) is 1. The van der Waals surface area contributed by atoms with Crippen LogP contribution in [0.5, 0.6) is 5.75 Å². The van der Waals surface area contributed by atoms with E-state index in [0.29, 0.717) is 11.3 Å². The van der Waals surface area contributed by atoms with E-state index in [2.05, 4.69) is 4.98 Å². The zero-order valence-corrected chi connectivity index (χ0v) is 9.10. The topological polar surface area (TPSA) is 59.4 Å². The molecule has 4 nitrogen and oxygen atoms in total. The highest BCUT2D eigenvalue weighted by atomic mass is 16.5. The van der Waals surface area contributed by atoms with Gasteiger partial charge in [-0.2, -0.15) is 0 Å². The van der Waals surface area contributed by atoms with E-state index in [4.69, 9.17) is 9.84 Å². The van der Waals surface area contributed by atoms with E-state index < -0.39 is 11.9 Å². The van der Waals surface area contributed by atoms with Crippen molar-refractivity contribution in [1.82, 2.24) is 4.98 Å². The average Bonchev–Trinajstić information content (AvgIpc) is 2.17. The molecule has 1 aromatic heterocycles. The number of ether oxygens (including phenoxy) is 1. The number of hydrogen-bond donors (Lipinski definition) is 1. The van der Waals surface area contributed by atoms with Crippen molar-refractivity contribution in [2.45, 2.75) is 19.8 Å². The van der Waals surface area contributed by atoms with E-state index in [1.54, 1.807) is 18.5 Å². The minimum absolute atomic E-state index is 0.000556. The minimum atomic E-state index is -0.851. The molecule has 0 bridgehead atoms. The Labute approximate surface area is 88.9 Å². The summed E-state index contributed by atoms with van der Waals surface area (Å²) in [4.78, 5) is 15.1. The van der Waals surface area contributed by atoms with Gasteiger partial charge in [0.15, 0.2) is 0 Å². The molecular weight excluding hydrogens is 194 g/mol. The second-order valence-electron chi connectivity index (χ2n) is 3.68. The van der Waals surface area contributed by atoms with Crippen molar-refractivity contribution in [2.24, 2.45) is 5.92 Å². The van der Waals surface area contributed by atoms with Gasteiger partial charge in [0.2, 0.25) is 0 Å². The zero-order chi connectivity index (χ0) is 11.4. The third-order valence-corrected chi connectivity index (χ3v) is 2.30. The van der Waals surface area contributed by atoms with Gasteiger partial charge < -0.3 is 9.84 Å². The number of aromatic nitrogens is 1. The predicted molar refractivity (Wildman–Crippen MR) is 56.0 cm³/mol. The van der Waals surface area contributed by atoms with Crippen LogP contribution in [-0.2, 0) is 4.79 Å². The van der Waals surface area contributed by atoms with Crippen LogP contribution in [0.3, 0.4) is 0 Å². The number of pyridine rings is 1. The standard InChI is InChI=1S/C11H15NO3/c1-7(2)10(11(13)14)8-6-12-5-4-9(8)15-3/h4-7,10H,1-3H3,(H,13,14). The highest BCUT2D eigenvalue weighted by Gasteiger charge is 2.26. The van der Waals surface area contributed by atoms with Crippen LogP contribution in [-0.4, -0.2) is 23.2 Å². The number of nitrogens with zero attached hydrogens (tertiary/aromatic N) is 1. The van der Waals surface area contributed by atoms with Crippen molar-refractivity contribution in [3.05, 3.63) is 24.0 Å². The lowest BCUT2D eigenvalue weighted by Gasteiger charge is -2.18. The molecule has 0 aromatic carbocycles. The highest BCUT2D eigenvalue weighted by molar-refractivity contribution is 5.77. The lowest BCUT2D eigenvalue weighted by Crippen LogP contribution is -2.18. The van der Waals surface area contributed by atoms with E-state index in [1.165, 1.54) is 7.11 Å². The van der Waals surface area contributed by atoms with E-state index in [9.17, 15) is 4.79 Å². The molecule has 0 saturated carbocycles. The molecule has 0 spiro atoms. The monoisotopic (exact) mass is 209 g/mol. The fourth-order valence-corrected chi connectivity index (χ4v) is 1.59. The zero-order valence-electron chi connectivity index (χ0n) is 9.10. The fraction of sp³-hybridized carbons (Fsp3) is 0.455. The SMILES string of the molecule is COc1ccncc1C(C(=O)O)C(C)C. The summed E-state index contributed by atoms with van der Waals surface area (Å²) in [5, 5.41) is 9.13. The third-order valence-electron chi connectivity index (χ3n) is 2.30. The number of methoxy groups -OCH3 is 1. The number of carboxylic acids is 1. The van der Waals surface area contributed by atoms with Crippen LogP contribution < -0.4 is 4.74 Å². The smallest absolute Gasteiger partial charge is 0.311 e. The number of aliphatic carboxylic acids is 1. The third kappa shape index (κ3) is 2.46. The van der Waals surface area contributed by atoms with Crippen molar-refractivity contribution in [3.8, 4) is 5.75 Å². The van der Waals surface area contributed by atoms with E-state index in [1.807, 2.05) is 13.8 Å². The van der Waals surface area contributed by atoms with Gasteiger partial charge in [0.1, 0.15) is 5.75 Å². The van der Waals surface area contributed by atoms with Crippen molar-refractivity contribution < 1.29 is 14.6 Å². The lowest BCUT2D eigenvalue weighted by atomic mass is 9.89. The van der Waals surface area contributed by atoms with Crippen LogP contribution in [0.15, 0.2) is 18.5 Å². The number of rotatable bonds is 4. The van der Waals surface area contributed by atoms with Crippen LogP contribution in [0.25, 0.3) is 0 Å². The summed E-state index contributed by atoms with van der Waals surface area (Å²) in [7, 11) is 1.53. The van der Waals surface area contributed by atoms with E-state index in [-0.39, 0.29) is 5.92 Å². The minimum Gasteiger partial charge on any atom is -0.496 e. The van der Waals surface area contributed by atoms with Crippen molar-refractivity contribution in [3.63, 3.8) is 0 Å². The normalized spacial score (nSPS) is 12.5. The molecule has 1 unspecified atom stereocenters. The van der Waals surface area contributed by atoms with Gasteiger partial charge >= 0.3 is 5.97 Å². The van der Waals surface area contributed by atoms with Crippen LogP contribution in [0.1, 0.15) is 25.3 Å². The van der Waals surface area contributed by atoms with Crippen molar-refractivity contribution in [1.29, 1.82) is 0 Å². The van der Waals surface area contributed by atoms with Gasteiger partial charge in [-0.05, 0) is 12.0 Å². The molecule has 1 N–H and O–H groups in total. The Kier molecular flexibility index (Phi) is 3.66. The predicted octanol–water partition coefficient (Wildman–Crippen LogP) is 1.91. The molecule has 0 radical (unpaired) electrons. The Morgan fingerprint density at radius 1 is 1.53 bits per heavy atom. The lowest BCUT2D eigenvalue weighted by molar-refractivity contribution is -0.139. The van der Waals surface area contributed by atoms with Crippen LogP contribution in [0.2, 0.25) is 0 Å². The Balaban J connectivity index is 3.16. The maximum Gasteiger partial charge on any atom is 0.311 e. The van der Waals surface area contributed by atoms with Crippen molar-refractivity contribution in [2.75, 3.05) is 7.11 Å². The van der Waals surface area contributed by atoms with Gasteiger partial charge in [0.25, 0.3) is 0 Å². The van der Waals surface area contributed by atoms with Gasteiger partial charge in [-0.3, -0.25) is 9.78 Å². The molecule has 0 aliphatic rings. The summed E-state index contributed by atoms with van der Waals surface area (Å²) >= 11 is 0. The Morgan fingerprint density at radius 2 is 2.20 bits per heavy atom. The van der Waals surface area contributed by atoms with Crippen molar-refractivity contribution >= 4 is 5.97 Å². The molecule has 4 heteroatoms. The molecular formula is C11H15NO3.